The molecular formula is C20H23N3O3. The molecule has 1 fully saturated rings. The number of carbonyl (C=O) groups is 2. The Bertz CT molecular complexity index is 804. The molecule has 2 atom stereocenters. The number of nitrogens with zero attached hydrogens (tertiary/aromatic N) is 1. The van der Waals surface area contributed by atoms with Crippen molar-refractivity contribution in [1.29, 1.82) is 0 Å². The van der Waals surface area contributed by atoms with E-state index in [1.807, 2.05) is 19.1 Å². The molecule has 1 aliphatic rings. The lowest BCUT2D eigenvalue weighted by Crippen LogP contribution is -2.45. The zero-order chi connectivity index (χ0) is 18.7. The fourth-order valence-electron chi connectivity index (χ4n) is 3.28. The maximum Gasteiger partial charge on any atom is 0.254 e. The Morgan fingerprint density at radius 2 is 1.92 bits per heavy atom. The first-order valence-electron chi connectivity index (χ1n) is 8.73. The number of hydrogen-bond acceptors (Lipinski definition) is 4. The van der Waals surface area contributed by atoms with Crippen LogP contribution in [0.1, 0.15) is 23.7 Å². The molecule has 0 aliphatic carbocycles. The van der Waals surface area contributed by atoms with Gasteiger partial charge in [0.25, 0.3) is 5.91 Å². The average Bonchev–Trinajstić information content (AvgIpc) is 3.04. The molecule has 1 aliphatic heterocycles. The number of likely N-dealkylation sites (tertiary alicyclic amines) is 1. The Hall–Kier alpha value is -2.86. The van der Waals surface area contributed by atoms with Crippen molar-refractivity contribution in [3.05, 3.63) is 54.1 Å². The summed E-state index contributed by atoms with van der Waals surface area (Å²) in [4.78, 5) is 26.8. The van der Waals surface area contributed by atoms with Gasteiger partial charge >= 0.3 is 0 Å². The minimum absolute atomic E-state index is 0.163. The molecule has 2 aromatic rings. The summed E-state index contributed by atoms with van der Waals surface area (Å²) < 4.78 is 0. The number of phenols is 1. The number of nitrogens with two attached hydrogens (primary N) is 1. The van der Waals surface area contributed by atoms with Crippen LogP contribution >= 0.6 is 0 Å². The summed E-state index contributed by atoms with van der Waals surface area (Å²) >= 11 is 0. The number of amides is 2. The summed E-state index contributed by atoms with van der Waals surface area (Å²) in [6.07, 6.45) is 0.467. The van der Waals surface area contributed by atoms with Gasteiger partial charge in [-0.25, -0.2) is 0 Å². The molecule has 1 saturated heterocycles. The predicted octanol–water partition coefficient (Wildman–Crippen LogP) is 1.74. The lowest BCUT2D eigenvalue weighted by atomic mass is 10.0. The van der Waals surface area contributed by atoms with E-state index in [2.05, 4.69) is 5.32 Å². The van der Waals surface area contributed by atoms with Crippen LogP contribution < -0.4 is 11.1 Å². The van der Waals surface area contributed by atoms with Crippen LogP contribution in [-0.4, -0.2) is 47.0 Å². The van der Waals surface area contributed by atoms with Crippen molar-refractivity contribution in [3.8, 4) is 16.9 Å². The molecule has 0 aromatic heterocycles. The van der Waals surface area contributed by atoms with Crippen molar-refractivity contribution >= 4 is 11.8 Å². The minimum atomic E-state index is -0.533. The van der Waals surface area contributed by atoms with E-state index >= 15 is 0 Å². The number of likely N-dealkylation sites (N-methyl/N-ethyl adjacent to an activating group) is 1. The third-order valence-electron chi connectivity index (χ3n) is 4.56. The second-order valence-corrected chi connectivity index (χ2v) is 6.49. The minimum Gasteiger partial charge on any atom is -0.508 e. The van der Waals surface area contributed by atoms with Crippen LogP contribution in [0.25, 0.3) is 11.1 Å². The van der Waals surface area contributed by atoms with E-state index in [0.29, 0.717) is 25.1 Å². The van der Waals surface area contributed by atoms with E-state index < -0.39 is 6.04 Å². The van der Waals surface area contributed by atoms with Crippen LogP contribution in [0, 0.1) is 0 Å². The second-order valence-electron chi connectivity index (χ2n) is 6.49. The molecule has 1 heterocycles. The quantitative estimate of drug-likeness (QED) is 0.780. The van der Waals surface area contributed by atoms with Crippen molar-refractivity contribution in [1.82, 2.24) is 10.2 Å². The maximum absolute atomic E-state index is 13.0. The van der Waals surface area contributed by atoms with Gasteiger partial charge < -0.3 is 21.1 Å². The summed E-state index contributed by atoms with van der Waals surface area (Å²) in [6, 6.07) is 13.3. The van der Waals surface area contributed by atoms with E-state index in [1.54, 1.807) is 41.3 Å². The molecule has 6 heteroatoms. The van der Waals surface area contributed by atoms with Crippen LogP contribution in [0.5, 0.6) is 5.75 Å². The monoisotopic (exact) mass is 353 g/mol. The Morgan fingerprint density at radius 3 is 2.62 bits per heavy atom. The van der Waals surface area contributed by atoms with Crippen LogP contribution in [0.15, 0.2) is 48.5 Å². The fourth-order valence-corrected chi connectivity index (χ4v) is 3.28. The van der Waals surface area contributed by atoms with Crippen LogP contribution in [0.2, 0.25) is 0 Å². The smallest absolute Gasteiger partial charge is 0.254 e. The van der Waals surface area contributed by atoms with Crippen LogP contribution in [0.4, 0.5) is 0 Å². The summed E-state index contributed by atoms with van der Waals surface area (Å²) in [6.45, 7) is 2.73. The van der Waals surface area contributed by atoms with Gasteiger partial charge in [0.2, 0.25) is 5.91 Å². The number of aromatic hydroxyl groups is 1. The molecular weight excluding hydrogens is 330 g/mol. The normalized spacial score (nSPS) is 19.4. The summed E-state index contributed by atoms with van der Waals surface area (Å²) in [5.74, 6) is -0.171. The highest BCUT2D eigenvalue weighted by atomic mass is 16.3. The largest absolute Gasteiger partial charge is 0.508 e. The van der Waals surface area contributed by atoms with Gasteiger partial charge in [0.05, 0.1) is 0 Å². The number of rotatable bonds is 4. The number of phenolic OH excluding ortho intramolecular Hbond substituents is 1. The predicted molar refractivity (Wildman–Crippen MR) is 99.6 cm³/mol. The van der Waals surface area contributed by atoms with Gasteiger partial charge in [0.15, 0.2) is 0 Å². The second kappa shape index (κ2) is 7.58. The number of nitrogens with one attached hydrogen (secondary N) is 1. The molecule has 136 valence electrons. The van der Waals surface area contributed by atoms with Gasteiger partial charge in [-0.2, -0.15) is 0 Å². The van der Waals surface area contributed by atoms with Crippen molar-refractivity contribution < 1.29 is 14.7 Å². The van der Waals surface area contributed by atoms with Crippen molar-refractivity contribution in [3.63, 3.8) is 0 Å². The zero-order valence-corrected chi connectivity index (χ0v) is 14.7. The molecule has 6 nitrogen and oxygen atoms in total. The maximum atomic E-state index is 13.0. The number of benzene rings is 2. The van der Waals surface area contributed by atoms with Crippen molar-refractivity contribution in [2.24, 2.45) is 5.73 Å². The molecule has 26 heavy (non-hydrogen) atoms. The van der Waals surface area contributed by atoms with E-state index in [1.165, 1.54) is 0 Å². The van der Waals surface area contributed by atoms with E-state index in [9.17, 15) is 14.7 Å². The number of carbonyl (C=O) groups excluding carboxylic acids is 2. The third-order valence-corrected chi connectivity index (χ3v) is 4.56. The fraction of sp³-hybridized carbons (Fsp3) is 0.300. The van der Waals surface area contributed by atoms with Gasteiger partial charge in [-0.15, -0.1) is 0 Å². The van der Waals surface area contributed by atoms with E-state index in [0.717, 1.165) is 11.1 Å². The van der Waals surface area contributed by atoms with Gasteiger partial charge in [0.1, 0.15) is 11.8 Å². The standard InChI is InChI=1S/C20H23N3O3/c1-2-22-19(25)18-11-16(21)12-23(18)20(26)15-5-3-4-14(10-15)13-6-8-17(24)9-7-13/h3-10,16,18,24H,2,11-12,21H2,1H3,(H,22,25)/t16-,18-/m0/s1. The molecule has 3 rings (SSSR count). The van der Waals surface area contributed by atoms with E-state index in [4.69, 9.17) is 5.73 Å². The lowest BCUT2D eigenvalue weighted by Gasteiger charge is -2.24. The van der Waals surface area contributed by atoms with E-state index in [-0.39, 0.29) is 23.6 Å². The highest BCUT2D eigenvalue weighted by molar-refractivity contribution is 5.99. The molecule has 2 aromatic carbocycles. The highest BCUT2D eigenvalue weighted by Gasteiger charge is 2.38. The molecule has 0 spiro atoms. The zero-order valence-electron chi connectivity index (χ0n) is 14.7. The highest BCUT2D eigenvalue weighted by Crippen LogP contribution is 2.25. The Balaban J connectivity index is 1.86. The molecule has 0 saturated carbocycles. The topological polar surface area (TPSA) is 95.7 Å². The molecule has 4 N–H and O–H groups in total. The molecule has 0 bridgehead atoms. The molecule has 0 unspecified atom stereocenters. The van der Waals surface area contributed by atoms with Gasteiger partial charge in [-0.3, -0.25) is 9.59 Å². The summed E-state index contributed by atoms with van der Waals surface area (Å²) in [7, 11) is 0. The lowest BCUT2D eigenvalue weighted by molar-refractivity contribution is -0.124. The molecule has 0 radical (unpaired) electrons. The van der Waals surface area contributed by atoms with Crippen LogP contribution in [0.3, 0.4) is 0 Å². The van der Waals surface area contributed by atoms with Crippen LogP contribution in [-0.2, 0) is 4.79 Å². The first-order chi connectivity index (χ1) is 12.5. The first-order valence-corrected chi connectivity index (χ1v) is 8.73. The average molecular weight is 353 g/mol. The SMILES string of the molecule is CCNC(=O)[C@@H]1C[C@H](N)CN1C(=O)c1cccc(-c2ccc(O)cc2)c1. The summed E-state index contributed by atoms with van der Waals surface area (Å²) in [5, 5.41) is 12.2. The number of hydrogen-bond donors (Lipinski definition) is 3. The third kappa shape index (κ3) is 3.70. The summed E-state index contributed by atoms with van der Waals surface area (Å²) in [5.41, 5.74) is 8.28. The Kier molecular flexibility index (Phi) is 5.23. The van der Waals surface area contributed by atoms with Crippen molar-refractivity contribution in [2.45, 2.75) is 25.4 Å². The first kappa shape index (κ1) is 17.9. The van der Waals surface area contributed by atoms with Gasteiger partial charge in [-0.05, 0) is 48.7 Å². The van der Waals surface area contributed by atoms with Gasteiger partial charge in [0, 0.05) is 24.7 Å². The Morgan fingerprint density at radius 1 is 1.19 bits per heavy atom. The molecule has 2 amide bonds. The van der Waals surface area contributed by atoms with Crippen molar-refractivity contribution in [2.75, 3.05) is 13.1 Å². The Labute approximate surface area is 152 Å². The van der Waals surface area contributed by atoms with Gasteiger partial charge in [-0.1, -0.05) is 24.3 Å².